The Bertz CT molecular complexity index is 193. The van der Waals surface area contributed by atoms with E-state index >= 15 is 0 Å². The highest BCUT2D eigenvalue weighted by Crippen LogP contribution is 2.02. The minimum atomic E-state index is -0.996. The van der Waals surface area contributed by atoms with Crippen LogP contribution in [-0.4, -0.2) is 28.2 Å². The van der Waals surface area contributed by atoms with E-state index < -0.39 is 12.0 Å². The zero-order chi connectivity index (χ0) is 10.3. The molecule has 6 nitrogen and oxygen atoms in total. The van der Waals surface area contributed by atoms with Crippen molar-refractivity contribution in [3.8, 4) is 0 Å². The topological polar surface area (TPSA) is 122 Å². The third-order valence-electron chi connectivity index (χ3n) is 1.64. The highest BCUT2D eigenvalue weighted by Gasteiger charge is 2.09. The van der Waals surface area contributed by atoms with Crippen molar-refractivity contribution in [2.24, 2.45) is 16.6 Å². The number of rotatable bonds is 6. The van der Waals surface area contributed by atoms with Gasteiger partial charge in [-0.25, -0.2) is 0 Å². The predicted molar refractivity (Wildman–Crippen MR) is 47.5 cm³/mol. The fraction of sp³-hybridized carbons (Fsp3) is 0.714. The summed E-state index contributed by atoms with van der Waals surface area (Å²) in [5.41, 5.74) is 10.5. The summed E-state index contributed by atoms with van der Waals surface area (Å²) in [5.74, 6) is -0.840. The van der Waals surface area contributed by atoms with Crippen molar-refractivity contribution >= 4 is 11.8 Å². The molecule has 0 spiro atoms. The molecule has 0 radical (unpaired) electrons. The van der Waals surface area contributed by atoms with Crippen molar-refractivity contribution in [2.45, 2.75) is 31.7 Å². The second-order valence-corrected chi connectivity index (χ2v) is 2.78. The summed E-state index contributed by atoms with van der Waals surface area (Å²) >= 11 is 0. The summed E-state index contributed by atoms with van der Waals surface area (Å²) in [7, 11) is 0. The van der Waals surface area contributed by atoms with Crippen LogP contribution in [0.2, 0.25) is 0 Å². The maximum absolute atomic E-state index is 10.3. The Morgan fingerprint density at radius 2 is 2.08 bits per heavy atom. The molecule has 0 saturated heterocycles. The Kier molecular flexibility index (Phi) is 5.62. The fourth-order valence-corrected chi connectivity index (χ4v) is 0.844. The first-order valence-electron chi connectivity index (χ1n) is 4.02. The first kappa shape index (κ1) is 11.7. The number of aliphatic carboxylic acids is 1. The quantitative estimate of drug-likeness (QED) is 0.150. The molecule has 0 heterocycles. The van der Waals surface area contributed by atoms with E-state index in [-0.39, 0.29) is 5.84 Å². The van der Waals surface area contributed by atoms with Crippen LogP contribution < -0.4 is 11.5 Å². The monoisotopic (exact) mass is 189 g/mol. The standard InChI is InChI=1S/C7H15N3O3/c8-5(7(11)12)3-1-2-4-6(9)10-13/h5,13H,1-4,8H2,(H2,9,10)(H,11,12)/t5-/m1/s1. The van der Waals surface area contributed by atoms with Gasteiger partial charge >= 0.3 is 5.97 Å². The van der Waals surface area contributed by atoms with Crippen LogP contribution in [0.5, 0.6) is 0 Å². The number of unbranched alkanes of at least 4 members (excludes halogenated alkanes) is 1. The van der Waals surface area contributed by atoms with Crippen LogP contribution >= 0.6 is 0 Å². The number of carbonyl (C=O) groups is 1. The maximum atomic E-state index is 10.3. The zero-order valence-corrected chi connectivity index (χ0v) is 7.31. The summed E-state index contributed by atoms with van der Waals surface area (Å²) in [5, 5.41) is 19.4. The van der Waals surface area contributed by atoms with Crippen molar-refractivity contribution in [2.75, 3.05) is 0 Å². The molecule has 0 aliphatic heterocycles. The molecule has 76 valence electrons. The summed E-state index contributed by atoms with van der Waals surface area (Å²) in [4.78, 5) is 10.3. The molecule has 1 atom stereocenters. The van der Waals surface area contributed by atoms with Crippen LogP contribution in [0.25, 0.3) is 0 Å². The molecule has 0 saturated carbocycles. The van der Waals surface area contributed by atoms with Gasteiger partial charge in [0.15, 0.2) is 0 Å². The first-order valence-corrected chi connectivity index (χ1v) is 4.02. The molecule has 0 aromatic carbocycles. The summed E-state index contributed by atoms with van der Waals surface area (Å²) in [6.45, 7) is 0. The van der Waals surface area contributed by atoms with Gasteiger partial charge in [0, 0.05) is 6.42 Å². The third-order valence-corrected chi connectivity index (χ3v) is 1.64. The number of hydrogen-bond donors (Lipinski definition) is 4. The zero-order valence-electron chi connectivity index (χ0n) is 7.31. The Hall–Kier alpha value is -1.30. The van der Waals surface area contributed by atoms with E-state index in [4.69, 9.17) is 21.8 Å². The molecular formula is C7H15N3O3. The van der Waals surface area contributed by atoms with E-state index in [2.05, 4.69) is 5.16 Å². The van der Waals surface area contributed by atoms with Crippen LogP contribution in [0.1, 0.15) is 25.7 Å². The van der Waals surface area contributed by atoms with Crippen molar-refractivity contribution in [1.82, 2.24) is 0 Å². The molecule has 6 heteroatoms. The minimum absolute atomic E-state index is 0.156. The van der Waals surface area contributed by atoms with Crippen molar-refractivity contribution in [1.29, 1.82) is 0 Å². The number of oxime groups is 1. The minimum Gasteiger partial charge on any atom is -0.480 e. The van der Waals surface area contributed by atoms with Crippen LogP contribution in [0.4, 0.5) is 0 Å². The first-order chi connectivity index (χ1) is 6.07. The number of nitrogens with two attached hydrogens (primary N) is 2. The van der Waals surface area contributed by atoms with E-state index in [1.165, 1.54) is 0 Å². The smallest absolute Gasteiger partial charge is 0.320 e. The van der Waals surface area contributed by atoms with Crippen LogP contribution in [0, 0.1) is 0 Å². The molecule has 0 aromatic heterocycles. The van der Waals surface area contributed by atoms with Crippen molar-refractivity contribution in [3.63, 3.8) is 0 Å². The van der Waals surface area contributed by atoms with E-state index in [1.807, 2.05) is 0 Å². The molecule has 0 unspecified atom stereocenters. The Balaban J connectivity index is 3.41. The molecule has 0 aliphatic rings. The van der Waals surface area contributed by atoms with Gasteiger partial charge < -0.3 is 21.8 Å². The third kappa shape index (κ3) is 5.92. The molecule has 0 rings (SSSR count). The lowest BCUT2D eigenvalue weighted by atomic mass is 10.1. The summed E-state index contributed by atoms with van der Waals surface area (Å²) in [6.07, 6.45) is 2.21. The lowest BCUT2D eigenvalue weighted by Gasteiger charge is -2.04. The summed E-state index contributed by atoms with van der Waals surface area (Å²) < 4.78 is 0. The van der Waals surface area contributed by atoms with Gasteiger partial charge in [-0.1, -0.05) is 11.6 Å². The number of carboxylic acid groups (broad SMARTS) is 1. The SMILES string of the molecule is N/C(CCCC[C@@H](N)C(=O)O)=N\O. The second-order valence-electron chi connectivity index (χ2n) is 2.78. The average Bonchev–Trinajstić information content (AvgIpc) is 2.11. The van der Waals surface area contributed by atoms with E-state index in [0.717, 1.165) is 0 Å². The fourth-order valence-electron chi connectivity index (χ4n) is 0.844. The number of nitrogens with zero attached hydrogens (tertiary/aromatic N) is 1. The van der Waals surface area contributed by atoms with Crippen LogP contribution in [0.3, 0.4) is 0 Å². The Labute approximate surface area is 76.2 Å². The van der Waals surface area contributed by atoms with E-state index in [0.29, 0.717) is 25.7 Å². The predicted octanol–water partition coefficient (Wildman–Crippen LogP) is -0.295. The van der Waals surface area contributed by atoms with Crippen molar-refractivity contribution < 1.29 is 15.1 Å². The molecule has 0 aliphatic carbocycles. The molecule has 0 bridgehead atoms. The Morgan fingerprint density at radius 3 is 2.54 bits per heavy atom. The van der Waals surface area contributed by atoms with E-state index in [9.17, 15) is 4.79 Å². The lowest BCUT2D eigenvalue weighted by Crippen LogP contribution is -2.29. The normalized spacial score (nSPS) is 14.1. The molecule has 0 fully saturated rings. The van der Waals surface area contributed by atoms with Gasteiger partial charge in [0.1, 0.15) is 11.9 Å². The molecule has 0 amide bonds. The highest BCUT2D eigenvalue weighted by molar-refractivity contribution is 5.79. The molecular weight excluding hydrogens is 174 g/mol. The molecule has 0 aromatic rings. The van der Waals surface area contributed by atoms with Crippen LogP contribution in [0.15, 0.2) is 5.16 Å². The van der Waals surface area contributed by atoms with Gasteiger partial charge in [-0.2, -0.15) is 0 Å². The van der Waals surface area contributed by atoms with Gasteiger partial charge in [0.2, 0.25) is 0 Å². The van der Waals surface area contributed by atoms with E-state index in [1.54, 1.807) is 0 Å². The number of carboxylic acids is 1. The van der Waals surface area contributed by atoms with Gasteiger partial charge in [-0.05, 0) is 12.8 Å². The van der Waals surface area contributed by atoms with Crippen LogP contribution in [-0.2, 0) is 4.79 Å². The number of amidine groups is 1. The van der Waals surface area contributed by atoms with Crippen molar-refractivity contribution in [3.05, 3.63) is 0 Å². The molecule has 6 N–H and O–H groups in total. The average molecular weight is 189 g/mol. The van der Waals surface area contributed by atoms with Gasteiger partial charge in [-0.3, -0.25) is 4.79 Å². The van der Waals surface area contributed by atoms with Gasteiger partial charge in [0.25, 0.3) is 0 Å². The molecule has 13 heavy (non-hydrogen) atoms. The highest BCUT2D eigenvalue weighted by atomic mass is 16.4. The van der Waals surface area contributed by atoms with Gasteiger partial charge in [-0.15, -0.1) is 0 Å². The maximum Gasteiger partial charge on any atom is 0.320 e. The number of hydrogen-bond acceptors (Lipinski definition) is 4. The second kappa shape index (κ2) is 6.24. The van der Waals surface area contributed by atoms with Gasteiger partial charge in [0.05, 0.1) is 0 Å². The lowest BCUT2D eigenvalue weighted by molar-refractivity contribution is -0.138. The summed E-state index contributed by atoms with van der Waals surface area (Å²) in [6, 6.07) is -0.813. The Morgan fingerprint density at radius 1 is 1.46 bits per heavy atom. The largest absolute Gasteiger partial charge is 0.480 e.